The molecular formula is C15H19N3OS2. The van der Waals surface area contributed by atoms with Crippen molar-refractivity contribution in [3.8, 4) is 10.8 Å². The fourth-order valence-electron chi connectivity index (χ4n) is 3.05. The Kier molecular flexibility index (Phi) is 4.01. The van der Waals surface area contributed by atoms with Crippen LogP contribution < -0.4 is 5.32 Å². The fourth-order valence-corrected chi connectivity index (χ4v) is 5.34. The number of fused-ring (bicyclic) bond motifs is 1. The highest BCUT2D eigenvalue weighted by Crippen LogP contribution is 2.36. The Bertz CT molecular complexity index is 593. The van der Waals surface area contributed by atoms with Crippen LogP contribution >= 0.6 is 23.1 Å². The van der Waals surface area contributed by atoms with Gasteiger partial charge in [-0.1, -0.05) is 5.16 Å². The van der Waals surface area contributed by atoms with Gasteiger partial charge in [0.25, 0.3) is 5.89 Å². The van der Waals surface area contributed by atoms with Gasteiger partial charge in [0.15, 0.2) is 5.82 Å². The van der Waals surface area contributed by atoms with E-state index in [0.717, 1.165) is 36.0 Å². The van der Waals surface area contributed by atoms with Crippen LogP contribution in [0.3, 0.4) is 0 Å². The van der Waals surface area contributed by atoms with E-state index in [-0.39, 0.29) is 0 Å². The van der Waals surface area contributed by atoms with Gasteiger partial charge >= 0.3 is 0 Å². The van der Waals surface area contributed by atoms with Gasteiger partial charge in [-0.25, -0.2) is 0 Å². The number of rotatable bonds is 3. The van der Waals surface area contributed by atoms with Crippen LogP contribution in [0, 0.1) is 5.92 Å². The Morgan fingerprint density at radius 1 is 1.43 bits per heavy atom. The molecule has 0 radical (unpaired) electrons. The third-order valence-electron chi connectivity index (χ3n) is 4.18. The molecule has 6 heteroatoms. The molecule has 1 saturated heterocycles. The van der Waals surface area contributed by atoms with Crippen LogP contribution in [-0.4, -0.2) is 29.0 Å². The molecule has 1 N–H and O–H groups in total. The van der Waals surface area contributed by atoms with Gasteiger partial charge in [0, 0.05) is 17.1 Å². The fraction of sp³-hybridized carbons (Fsp3) is 0.600. The summed E-state index contributed by atoms with van der Waals surface area (Å²) in [5.74, 6) is 4.58. The van der Waals surface area contributed by atoms with Crippen molar-refractivity contribution in [2.75, 3.05) is 18.8 Å². The molecule has 0 bridgehead atoms. The lowest BCUT2D eigenvalue weighted by Crippen LogP contribution is -2.31. The van der Waals surface area contributed by atoms with Crippen LogP contribution in [0.2, 0.25) is 0 Å². The van der Waals surface area contributed by atoms with Crippen molar-refractivity contribution in [2.24, 2.45) is 5.92 Å². The molecule has 0 saturated carbocycles. The van der Waals surface area contributed by atoms with E-state index in [0.29, 0.717) is 11.8 Å². The summed E-state index contributed by atoms with van der Waals surface area (Å²) in [6.45, 7) is 2.22. The quantitative estimate of drug-likeness (QED) is 0.941. The highest BCUT2D eigenvalue weighted by Gasteiger charge is 2.20. The maximum Gasteiger partial charge on any atom is 0.268 e. The highest BCUT2D eigenvalue weighted by atomic mass is 32.2. The Hall–Kier alpha value is -0.850. The summed E-state index contributed by atoms with van der Waals surface area (Å²) in [5.41, 5.74) is 1.46. The molecule has 0 aliphatic carbocycles. The van der Waals surface area contributed by atoms with Crippen molar-refractivity contribution in [2.45, 2.75) is 31.4 Å². The third-order valence-corrected chi connectivity index (χ3v) is 6.41. The Balaban J connectivity index is 1.49. The second kappa shape index (κ2) is 6.10. The van der Waals surface area contributed by atoms with Crippen molar-refractivity contribution < 1.29 is 4.52 Å². The Morgan fingerprint density at radius 3 is 3.29 bits per heavy atom. The molecule has 0 amide bonds. The summed E-state index contributed by atoms with van der Waals surface area (Å²) >= 11 is 3.83. The number of nitrogens with one attached hydrogen (secondary N) is 1. The normalized spacial score (nSPS) is 22.2. The van der Waals surface area contributed by atoms with E-state index in [1.165, 1.54) is 35.5 Å². The van der Waals surface area contributed by atoms with E-state index in [1.807, 2.05) is 23.1 Å². The van der Waals surface area contributed by atoms with E-state index in [2.05, 4.69) is 21.5 Å². The molecule has 2 aliphatic rings. The number of hydrogen-bond donors (Lipinski definition) is 1. The largest absolute Gasteiger partial charge is 0.333 e. The van der Waals surface area contributed by atoms with Crippen molar-refractivity contribution in [3.63, 3.8) is 0 Å². The van der Waals surface area contributed by atoms with Crippen LogP contribution in [0.1, 0.15) is 29.1 Å². The predicted octanol–water partition coefficient (Wildman–Crippen LogP) is 3.13. The van der Waals surface area contributed by atoms with Gasteiger partial charge in [-0.3, -0.25) is 0 Å². The minimum absolute atomic E-state index is 0.650. The van der Waals surface area contributed by atoms with Crippen molar-refractivity contribution >= 4 is 23.1 Å². The van der Waals surface area contributed by atoms with E-state index in [4.69, 9.17) is 4.52 Å². The maximum atomic E-state index is 5.49. The molecule has 1 unspecified atom stereocenters. The Labute approximate surface area is 132 Å². The monoisotopic (exact) mass is 321 g/mol. The first-order valence-electron chi connectivity index (χ1n) is 7.61. The number of piperidine rings is 1. The molecule has 2 aromatic rings. The number of hydrogen-bond acceptors (Lipinski definition) is 6. The van der Waals surface area contributed by atoms with Gasteiger partial charge < -0.3 is 9.84 Å². The van der Waals surface area contributed by atoms with Gasteiger partial charge in [-0.05, 0) is 55.7 Å². The summed E-state index contributed by atoms with van der Waals surface area (Å²) in [6.07, 6.45) is 4.63. The first-order chi connectivity index (χ1) is 10.4. The Morgan fingerprint density at radius 2 is 2.43 bits per heavy atom. The molecular weight excluding hydrogens is 302 g/mol. The van der Waals surface area contributed by atoms with Gasteiger partial charge in [0.1, 0.15) is 0 Å². The van der Waals surface area contributed by atoms with Crippen molar-refractivity contribution in [1.82, 2.24) is 15.5 Å². The van der Waals surface area contributed by atoms with Gasteiger partial charge in [0.2, 0.25) is 0 Å². The summed E-state index contributed by atoms with van der Waals surface area (Å²) in [4.78, 5) is 7.26. The van der Waals surface area contributed by atoms with Crippen molar-refractivity contribution in [3.05, 3.63) is 22.3 Å². The average Bonchev–Trinajstić information content (AvgIpc) is 3.14. The standard InChI is InChI=1S/C15H19N3OS2/c1-2-10(8-16-4-1)6-14-17-15(19-18-14)13-7-11-9-20-5-3-12(11)21-13/h7,10,16H,1-6,8-9H2. The van der Waals surface area contributed by atoms with Crippen LogP contribution in [0.4, 0.5) is 0 Å². The van der Waals surface area contributed by atoms with Crippen LogP contribution in [0.25, 0.3) is 10.8 Å². The van der Waals surface area contributed by atoms with E-state index >= 15 is 0 Å². The van der Waals surface area contributed by atoms with Crippen LogP contribution in [0.15, 0.2) is 10.6 Å². The van der Waals surface area contributed by atoms with E-state index in [1.54, 1.807) is 0 Å². The lowest BCUT2D eigenvalue weighted by atomic mass is 9.96. The minimum atomic E-state index is 0.650. The molecule has 0 aromatic carbocycles. The molecule has 4 rings (SSSR count). The van der Waals surface area contributed by atoms with Crippen LogP contribution in [-0.2, 0) is 18.6 Å². The topological polar surface area (TPSA) is 51.0 Å². The molecule has 2 aromatic heterocycles. The van der Waals surface area contributed by atoms with Crippen LogP contribution in [0.5, 0.6) is 0 Å². The molecule has 0 spiro atoms. The highest BCUT2D eigenvalue weighted by molar-refractivity contribution is 7.98. The van der Waals surface area contributed by atoms with Crippen molar-refractivity contribution in [1.29, 1.82) is 0 Å². The smallest absolute Gasteiger partial charge is 0.268 e. The zero-order valence-corrected chi connectivity index (χ0v) is 13.6. The average molecular weight is 321 g/mol. The number of thioether (sulfide) groups is 1. The molecule has 2 aliphatic heterocycles. The summed E-state index contributed by atoms with van der Waals surface area (Å²) in [7, 11) is 0. The second-order valence-electron chi connectivity index (χ2n) is 5.79. The lowest BCUT2D eigenvalue weighted by Gasteiger charge is -2.20. The summed E-state index contributed by atoms with van der Waals surface area (Å²) in [5, 5.41) is 7.62. The first-order valence-corrected chi connectivity index (χ1v) is 9.58. The zero-order valence-electron chi connectivity index (χ0n) is 11.9. The second-order valence-corrected chi connectivity index (χ2v) is 8.04. The SMILES string of the molecule is c1c(-c2nc(CC3CCCNC3)no2)sc2c1CSCC2. The molecule has 4 nitrogen and oxygen atoms in total. The van der Waals surface area contributed by atoms with Gasteiger partial charge in [0.05, 0.1) is 4.88 Å². The number of aryl methyl sites for hydroxylation is 1. The third kappa shape index (κ3) is 3.03. The predicted molar refractivity (Wildman–Crippen MR) is 86.8 cm³/mol. The minimum Gasteiger partial charge on any atom is -0.333 e. The van der Waals surface area contributed by atoms with Gasteiger partial charge in [-0.15, -0.1) is 11.3 Å². The van der Waals surface area contributed by atoms with Gasteiger partial charge in [-0.2, -0.15) is 16.7 Å². The molecule has 112 valence electrons. The molecule has 1 fully saturated rings. The number of nitrogens with zero attached hydrogens (tertiary/aromatic N) is 2. The summed E-state index contributed by atoms with van der Waals surface area (Å²) in [6, 6.07) is 2.24. The summed E-state index contributed by atoms with van der Waals surface area (Å²) < 4.78 is 5.49. The number of aromatic nitrogens is 2. The number of thiophene rings is 1. The zero-order chi connectivity index (χ0) is 14.1. The molecule has 21 heavy (non-hydrogen) atoms. The first kappa shape index (κ1) is 13.8. The maximum absolute atomic E-state index is 5.49. The molecule has 1 atom stereocenters. The van der Waals surface area contributed by atoms with E-state index < -0.39 is 0 Å². The molecule has 4 heterocycles. The lowest BCUT2D eigenvalue weighted by molar-refractivity contribution is 0.360. The van der Waals surface area contributed by atoms with E-state index in [9.17, 15) is 0 Å².